The lowest BCUT2D eigenvalue weighted by atomic mass is 9.88. The predicted octanol–water partition coefficient (Wildman–Crippen LogP) is 3.26. The quantitative estimate of drug-likeness (QED) is 0.811. The van der Waals surface area contributed by atoms with Crippen LogP contribution in [0.15, 0.2) is 24.3 Å². The summed E-state index contributed by atoms with van der Waals surface area (Å²) < 4.78 is 0. The van der Waals surface area contributed by atoms with E-state index in [0.717, 1.165) is 25.1 Å². The highest BCUT2D eigenvalue weighted by molar-refractivity contribution is 5.95. The molecule has 128 valence electrons. The van der Waals surface area contributed by atoms with Crippen molar-refractivity contribution in [3.05, 3.63) is 29.8 Å². The first kappa shape index (κ1) is 18.0. The zero-order valence-electron chi connectivity index (χ0n) is 14.8. The van der Waals surface area contributed by atoms with Crippen molar-refractivity contribution in [1.82, 2.24) is 5.32 Å². The molecule has 3 unspecified atom stereocenters. The van der Waals surface area contributed by atoms with Gasteiger partial charge in [0.25, 0.3) is 0 Å². The molecule has 4 heteroatoms. The lowest BCUT2D eigenvalue weighted by Gasteiger charge is -2.31. The Hall–Kier alpha value is -1.39. The molecule has 0 aromatic heterocycles. The van der Waals surface area contributed by atoms with Crippen molar-refractivity contribution in [2.45, 2.75) is 58.6 Å². The summed E-state index contributed by atoms with van der Waals surface area (Å²) in [7, 11) is 0. The molecule has 1 aliphatic heterocycles. The minimum absolute atomic E-state index is 0.161. The molecule has 23 heavy (non-hydrogen) atoms. The molecule has 1 amide bonds. The Labute approximate surface area is 139 Å². The lowest BCUT2D eigenvalue weighted by molar-refractivity contribution is -0.117. The van der Waals surface area contributed by atoms with E-state index in [1.165, 1.54) is 5.56 Å². The maximum atomic E-state index is 11.8. The molecule has 0 spiro atoms. The van der Waals surface area contributed by atoms with Crippen molar-refractivity contribution in [3.8, 4) is 0 Å². The summed E-state index contributed by atoms with van der Waals surface area (Å²) in [6.45, 7) is 9.56. The Morgan fingerprint density at radius 1 is 1.30 bits per heavy atom. The third kappa shape index (κ3) is 4.33. The number of carbonyl (C=O) groups excluding carboxylic acids is 1. The Kier molecular flexibility index (Phi) is 5.82. The van der Waals surface area contributed by atoms with E-state index in [2.05, 4.69) is 38.2 Å². The third-order valence-electron chi connectivity index (χ3n) is 5.22. The van der Waals surface area contributed by atoms with Crippen LogP contribution in [0.4, 0.5) is 5.69 Å². The van der Waals surface area contributed by atoms with E-state index >= 15 is 0 Å². The van der Waals surface area contributed by atoms with Gasteiger partial charge in [0.1, 0.15) is 0 Å². The second-order valence-electron chi connectivity index (χ2n) is 7.01. The van der Waals surface area contributed by atoms with E-state index < -0.39 is 5.60 Å². The van der Waals surface area contributed by atoms with Gasteiger partial charge in [0, 0.05) is 31.2 Å². The van der Waals surface area contributed by atoms with Crippen LogP contribution in [0.25, 0.3) is 0 Å². The number of anilines is 1. The van der Waals surface area contributed by atoms with Crippen molar-refractivity contribution in [1.29, 1.82) is 0 Å². The minimum Gasteiger partial charge on any atom is -0.389 e. The molecule has 0 saturated carbocycles. The van der Waals surface area contributed by atoms with Gasteiger partial charge in [-0.2, -0.15) is 0 Å². The molecule has 0 bridgehead atoms. The van der Waals surface area contributed by atoms with E-state index in [1.54, 1.807) is 0 Å². The van der Waals surface area contributed by atoms with Crippen molar-refractivity contribution in [3.63, 3.8) is 0 Å². The predicted molar refractivity (Wildman–Crippen MR) is 94.5 cm³/mol. The number of aliphatic hydroxyl groups is 1. The molecule has 1 heterocycles. The van der Waals surface area contributed by atoms with Crippen LogP contribution in [-0.4, -0.2) is 29.7 Å². The summed E-state index contributed by atoms with van der Waals surface area (Å²) in [6, 6.07) is 8.33. The Balaban J connectivity index is 1.95. The zero-order valence-corrected chi connectivity index (χ0v) is 14.8. The first-order chi connectivity index (χ1) is 10.8. The van der Waals surface area contributed by atoms with Gasteiger partial charge < -0.3 is 15.3 Å². The van der Waals surface area contributed by atoms with Gasteiger partial charge in [-0.3, -0.25) is 4.79 Å². The number of hydrogen-bond acceptors (Lipinski definition) is 3. The molecule has 3 atom stereocenters. The molecule has 0 radical (unpaired) electrons. The van der Waals surface area contributed by atoms with Gasteiger partial charge >= 0.3 is 0 Å². The van der Waals surface area contributed by atoms with Crippen molar-refractivity contribution in [2.24, 2.45) is 5.92 Å². The van der Waals surface area contributed by atoms with E-state index in [1.807, 2.05) is 24.0 Å². The van der Waals surface area contributed by atoms with Crippen LogP contribution < -0.4 is 10.2 Å². The van der Waals surface area contributed by atoms with Gasteiger partial charge in [0.05, 0.1) is 5.60 Å². The molecule has 1 aromatic rings. The summed E-state index contributed by atoms with van der Waals surface area (Å²) in [5.74, 6) is 0.472. The molecule has 1 aromatic carbocycles. The summed E-state index contributed by atoms with van der Waals surface area (Å²) in [5, 5.41) is 13.9. The molecule has 2 rings (SSSR count). The molecule has 1 saturated heterocycles. The maximum Gasteiger partial charge on any atom is 0.227 e. The molecule has 0 aliphatic carbocycles. The normalized spacial score (nSPS) is 20.4. The third-order valence-corrected chi connectivity index (χ3v) is 5.22. The first-order valence-electron chi connectivity index (χ1n) is 8.71. The number of rotatable bonds is 7. The van der Waals surface area contributed by atoms with Crippen LogP contribution in [0, 0.1) is 5.92 Å². The highest BCUT2D eigenvalue weighted by Crippen LogP contribution is 2.24. The fourth-order valence-electron chi connectivity index (χ4n) is 2.96. The summed E-state index contributed by atoms with van der Waals surface area (Å²) in [4.78, 5) is 13.6. The molecular formula is C19H30N2O2. The summed E-state index contributed by atoms with van der Waals surface area (Å²) >= 11 is 0. The van der Waals surface area contributed by atoms with Gasteiger partial charge in [-0.15, -0.1) is 0 Å². The van der Waals surface area contributed by atoms with Gasteiger partial charge in [0.2, 0.25) is 5.91 Å². The van der Waals surface area contributed by atoms with E-state index in [-0.39, 0.29) is 17.9 Å². The Morgan fingerprint density at radius 3 is 2.48 bits per heavy atom. The minimum atomic E-state index is -0.703. The Morgan fingerprint density at radius 2 is 1.96 bits per heavy atom. The fraction of sp³-hybridized carbons (Fsp3) is 0.632. The number of benzene rings is 1. The first-order valence-corrected chi connectivity index (χ1v) is 8.71. The molecule has 4 nitrogen and oxygen atoms in total. The number of carbonyl (C=O) groups is 1. The topological polar surface area (TPSA) is 52.6 Å². The van der Waals surface area contributed by atoms with Crippen molar-refractivity contribution < 1.29 is 9.90 Å². The average Bonchev–Trinajstić information content (AvgIpc) is 2.98. The molecular weight excluding hydrogens is 288 g/mol. The van der Waals surface area contributed by atoms with Gasteiger partial charge in [-0.1, -0.05) is 32.4 Å². The van der Waals surface area contributed by atoms with Gasteiger partial charge in [-0.05, 0) is 43.9 Å². The van der Waals surface area contributed by atoms with Crippen LogP contribution in [0.1, 0.15) is 58.6 Å². The SMILES string of the molecule is CCC(C)C(C)(O)CNC(C)c1ccc(N2CCCC2=O)cc1. The number of amides is 1. The molecule has 2 N–H and O–H groups in total. The number of nitrogens with zero attached hydrogens (tertiary/aromatic N) is 1. The van der Waals surface area contributed by atoms with Gasteiger partial charge in [0.15, 0.2) is 0 Å². The lowest BCUT2D eigenvalue weighted by Crippen LogP contribution is -2.43. The molecule has 1 aliphatic rings. The standard InChI is InChI=1S/C19H30N2O2/c1-5-14(2)19(4,23)13-20-15(3)16-8-10-17(11-9-16)21-12-6-7-18(21)22/h8-11,14-15,20,23H,5-7,12-13H2,1-4H3. The van der Waals surface area contributed by atoms with Crippen molar-refractivity contribution in [2.75, 3.05) is 18.0 Å². The second-order valence-corrected chi connectivity index (χ2v) is 7.01. The number of nitrogens with one attached hydrogen (secondary N) is 1. The summed E-state index contributed by atoms with van der Waals surface area (Å²) in [6.07, 6.45) is 2.56. The van der Waals surface area contributed by atoms with Crippen LogP contribution in [0.2, 0.25) is 0 Å². The monoisotopic (exact) mass is 318 g/mol. The largest absolute Gasteiger partial charge is 0.389 e. The smallest absolute Gasteiger partial charge is 0.227 e. The van der Waals surface area contributed by atoms with E-state index in [0.29, 0.717) is 13.0 Å². The maximum absolute atomic E-state index is 11.8. The highest BCUT2D eigenvalue weighted by Gasteiger charge is 2.27. The Bertz CT molecular complexity index is 525. The highest BCUT2D eigenvalue weighted by atomic mass is 16.3. The number of hydrogen-bond donors (Lipinski definition) is 2. The van der Waals surface area contributed by atoms with E-state index in [4.69, 9.17) is 0 Å². The zero-order chi connectivity index (χ0) is 17.0. The van der Waals surface area contributed by atoms with Crippen molar-refractivity contribution >= 4 is 11.6 Å². The molecule has 1 fully saturated rings. The second kappa shape index (κ2) is 7.45. The van der Waals surface area contributed by atoms with Crippen LogP contribution in [0.3, 0.4) is 0 Å². The van der Waals surface area contributed by atoms with Crippen LogP contribution in [-0.2, 0) is 4.79 Å². The van der Waals surface area contributed by atoms with Crippen LogP contribution in [0.5, 0.6) is 0 Å². The fourth-order valence-corrected chi connectivity index (χ4v) is 2.96. The van der Waals surface area contributed by atoms with Gasteiger partial charge in [-0.25, -0.2) is 0 Å². The summed E-state index contributed by atoms with van der Waals surface area (Å²) in [5.41, 5.74) is 1.45. The van der Waals surface area contributed by atoms with E-state index in [9.17, 15) is 9.90 Å². The average molecular weight is 318 g/mol. The van der Waals surface area contributed by atoms with Crippen LogP contribution >= 0.6 is 0 Å².